The van der Waals surface area contributed by atoms with Crippen molar-refractivity contribution in [2.45, 2.75) is 63.4 Å². The Balaban J connectivity index is 1.87. The Bertz CT molecular complexity index is 561. The van der Waals surface area contributed by atoms with Gasteiger partial charge in [-0.1, -0.05) is 0 Å². The van der Waals surface area contributed by atoms with Crippen molar-refractivity contribution < 1.29 is 41.4 Å². The van der Waals surface area contributed by atoms with Crippen LogP contribution in [0.15, 0.2) is 0 Å². The molecule has 3 saturated heterocycles. The van der Waals surface area contributed by atoms with Gasteiger partial charge in [0.15, 0.2) is 11.6 Å². The molecule has 3 heterocycles. The molecule has 0 aromatic heterocycles. The first kappa shape index (κ1) is 16.5. The average Bonchev–Trinajstić information content (AvgIpc) is 2.78. The molecule has 4 unspecified atom stereocenters. The number of hydrogen-bond donors (Lipinski definition) is 1. The summed E-state index contributed by atoms with van der Waals surface area (Å²) in [4.78, 5) is 0. The molecule has 0 radical (unpaired) electrons. The second kappa shape index (κ2) is 4.84. The van der Waals surface area contributed by atoms with Crippen LogP contribution >= 0.6 is 0 Å². The Morgan fingerprint density at radius 3 is 2.45 bits per heavy atom. The minimum Gasteiger partial charge on any atom is -0.343 e. The Kier molecular flexibility index (Phi) is 3.63. The van der Waals surface area contributed by atoms with E-state index < -0.39 is 39.9 Å². The van der Waals surface area contributed by atoms with E-state index in [-0.39, 0.29) is 19.3 Å². The zero-order valence-electron chi connectivity index (χ0n) is 13.0. The van der Waals surface area contributed by atoms with Gasteiger partial charge in [-0.3, -0.25) is 0 Å². The summed E-state index contributed by atoms with van der Waals surface area (Å²) in [6, 6.07) is 0. The lowest BCUT2D eigenvalue weighted by atomic mass is 9.98. The highest BCUT2D eigenvalue weighted by Crippen LogP contribution is 2.47. The molecule has 3 fully saturated rings. The first-order chi connectivity index (χ1) is 9.92. The molecule has 0 bridgehead atoms. The maximum absolute atomic E-state index is 11.2. The molecule has 128 valence electrons. The minimum absolute atomic E-state index is 0.185. The predicted octanol–water partition coefficient (Wildman–Crippen LogP) is -1.11. The first-order valence-corrected chi connectivity index (χ1v) is 8.59. The smallest absolute Gasteiger partial charge is 0.343 e. The summed E-state index contributed by atoms with van der Waals surface area (Å²) in [6.45, 7) is 6.84. The van der Waals surface area contributed by atoms with Crippen molar-refractivity contribution in [1.82, 2.24) is 0 Å². The Morgan fingerprint density at radius 2 is 1.82 bits per heavy atom. The van der Waals surface area contributed by atoms with E-state index in [0.717, 1.165) is 0 Å². The summed E-state index contributed by atoms with van der Waals surface area (Å²) in [7, 11) is -3.89. The van der Waals surface area contributed by atoms with Crippen molar-refractivity contribution >= 4 is 10.3 Å². The number of ether oxygens (including phenoxy) is 5. The molecule has 0 aliphatic carbocycles. The van der Waals surface area contributed by atoms with Crippen molar-refractivity contribution in [3.05, 3.63) is 0 Å². The molecular formula is C12H22NO8S+. The van der Waals surface area contributed by atoms with Crippen molar-refractivity contribution in [2.24, 2.45) is 0 Å². The number of fused-ring (bicyclic) bond motifs is 3. The molecular weight excluding hydrogens is 318 g/mol. The fourth-order valence-corrected chi connectivity index (χ4v) is 3.46. The van der Waals surface area contributed by atoms with Crippen LogP contribution in [0, 0.1) is 0 Å². The molecule has 4 atom stereocenters. The minimum atomic E-state index is -3.89. The molecule has 0 aromatic rings. The van der Waals surface area contributed by atoms with Crippen LogP contribution in [0.3, 0.4) is 0 Å². The van der Waals surface area contributed by atoms with E-state index in [9.17, 15) is 8.42 Å². The summed E-state index contributed by atoms with van der Waals surface area (Å²) in [5.41, 5.74) is 0. The van der Waals surface area contributed by atoms with Crippen molar-refractivity contribution in [2.75, 3.05) is 13.2 Å². The number of quaternary nitrogens is 1. The summed E-state index contributed by atoms with van der Waals surface area (Å²) in [5, 5.41) is 2.93. The zero-order chi connectivity index (χ0) is 16.4. The van der Waals surface area contributed by atoms with Gasteiger partial charge in [0.2, 0.25) is 5.79 Å². The van der Waals surface area contributed by atoms with Crippen LogP contribution in [0.2, 0.25) is 0 Å². The zero-order valence-corrected chi connectivity index (χ0v) is 13.8. The third-order valence-corrected chi connectivity index (χ3v) is 4.19. The van der Waals surface area contributed by atoms with Gasteiger partial charge in [0, 0.05) is 0 Å². The van der Waals surface area contributed by atoms with Gasteiger partial charge in [0.1, 0.15) is 24.9 Å². The number of hydrogen-bond acceptors (Lipinski definition) is 8. The molecule has 0 aromatic carbocycles. The van der Waals surface area contributed by atoms with Gasteiger partial charge in [0.25, 0.3) is 0 Å². The van der Waals surface area contributed by atoms with Crippen LogP contribution < -0.4 is 5.14 Å². The fraction of sp³-hybridized carbons (Fsp3) is 1.00. The van der Waals surface area contributed by atoms with E-state index in [4.69, 9.17) is 27.9 Å². The van der Waals surface area contributed by atoms with Crippen molar-refractivity contribution in [1.29, 1.82) is 0 Å². The average molecular weight is 340 g/mol. The highest BCUT2D eigenvalue weighted by Gasteiger charge is 2.65. The molecule has 0 amide bonds. The molecule has 3 rings (SSSR count). The van der Waals surface area contributed by atoms with Gasteiger partial charge in [-0.2, -0.15) is 0 Å². The summed E-state index contributed by atoms with van der Waals surface area (Å²) in [6.07, 6.45) is -1.44. The van der Waals surface area contributed by atoms with Crippen LogP contribution in [0.4, 0.5) is 0 Å². The quantitative estimate of drug-likeness (QED) is 0.687. The standard InChI is InChI=1S/C12H21NO8S/c1-10(2)18-7-5-16-12(6-17-22(13,14)15)9(8(7)19-10)20-11(3,4)21-12/h7-9H,5-6H2,1-4H3,(H2,13,14,15)/p+1. The molecule has 3 aliphatic heterocycles. The lowest BCUT2D eigenvalue weighted by Gasteiger charge is -2.39. The predicted molar refractivity (Wildman–Crippen MR) is 70.3 cm³/mol. The van der Waals surface area contributed by atoms with Gasteiger partial charge < -0.3 is 23.7 Å². The van der Waals surface area contributed by atoms with E-state index in [1.54, 1.807) is 27.7 Å². The highest BCUT2D eigenvalue weighted by molar-refractivity contribution is 7.79. The summed E-state index contributed by atoms with van der Waals surface area (Å²) >= 11 is 0. The van der Waals surface area contributed by atoms with Crippen LogP contribution in [0.1, 0.15) is 27.7 Å². The SMILES string of the molecule is CC1(C)OC2COC3(COS([NH3+])(=O)=O)OC(C)(C)OC3C2O1. The molecule has 0 saturated carbocycles. The van der Waals surface area contributed by atoms with E-state index in [1.807, 2.05) is 0 Å². The fourth-order valence-electron chi connectivity index (χ4n) is 3.12. The molecule has 0 spiro atoms. The maximum atomic E-state index is 11.2. The van der Waals surface area contributed by atoms with E-state index in [2.05, 4.69) is 5.14 Å². The second-order valence-electron chi connectivity index (χ2n) is 6.62. The third-order valence-electron chi connectivity index (χ3n) is 3.71. The Hall–Kier alpha value is -0.330. The lowest BCUT2D eigenvalue weighted by Crippen LogP contribution is -2.63. The third kappa shape index (κ3) is 3.02. The Labute approximate surface area is 129 Å². The second-order valence-corrected chi connectivity index (χ2v) is 7.97. The largest absolute Gasteiger partial charge is 0.430 e. The van der Waals surface area contributed by atoms with Crippen LogP contribution in [-0.4, -0.2) is 57.3 Å². The van der Waals surface area contributed by atoms with Gasteiger partial charge >= 0.3 is 10.3 Å². The molecule has 10 heteroatoms. The monoisotopic (exact) mass is 340 g/mol. The van der Waals surface area contributed by atoms with Gasteiger partial charge in [-0.25, -0.2) is 9.32 Å². The van der Waals surface area contributed by atoms with Crippen LogP contribution in [0.5, 0.6) is 0 Å². The topological polar surface area (TPSA) is 117 Å². The number of rotatable bonds is 3. The van der Waals surface area contributed by atoms with Gasteiger partial charge in [-0.05, 0) is 27.7 Å². The maximum Gasteiger partial charge on any atom is 0.430 e. The summed E-state index contributed by atoms with van der Waals surface area (Å²) < 4.78 is 56.3. The highest BCUT2D eigenvalue weighted by atomic mass is 32.2. The van der Waals surface area contributed by atoms with Crippen molar-refractivity contribution in [3.63, 3.8) is 0 Å². The van der Waals surface area contributed by atoms with Gasteiger partial charge in [0.05, 0.1) is 6.61 Å². The van der Waals surface area contributed by atoms with Crippen LogP contribution in [0.25, 0.3) is 0 Å². The molecule has 3 N–H and O–H groups in total. The molecule has 3 aliphatic rings. The summed E-state index contributed by atoms with van der Waals surface area (Å²) in [5.74, 6) is -3.12. The molecule has 9 nitrogen and oxygen atoms in total. The molecule has 22 heavy (non-hydrogen) atoms. The van der Waals surface area contributed by atoms with E-state index in [1.165, 1.54) is 0 Å². The van der Waals surface area contributed by atoms with Crippen LogP contribution in [-0.2, 0) is 38.2 Å². The van der Waals surface area contributed by atoms with Crippen molar-refractivity contribution in [3.8, 4) is 0 Å². The first-order valence-electron chi connectivity index (χ1n) is 7.02. The normalized spacial score (nSPS) is 42.9. The van der Waals surface area contributed by atoms with E-state index in [0.29, 0.717) is 0 Å². The lowest BCUT2D eigenvalue weighted by molar-refractivity contribution is -0.295. The Morgan fingerprint density at radius 1 is 1.14 bits per heavy atom. The van der Waals surface area contributed by atoms with E-state index >= 15 is 0 Å². The van der Waals surface area contributed by atoms with Gasteiger partial charge in [-0.15, -0.1) is 8.42 Å².